The Morgan fingerprint density at radius 2 is 1.84 bits per heavy atom. The number of allylic oxidation sites excluding steroid dienone is 1. The first-order valence-corrected chi connectivity index (χ1v) is 8.07. The summed E-state index contributed by atoms with van der Waals surface area (Å²) in [5, 5.41) is 0.756. The Labute approximate surface area is 147 Å². The average molecular weight is 335 g/mol. The second-order valence-electron chi connectivity index (χ2n) is 6.08. The lowest BCUT2D eigenvalue weighted by atomic mass is 9.99. The molecule has 0 atom stereocenters. The van der Waals surface area contributed by atoms with Gasteiger partial charge in [-0.3, -0.25) is 4.79 Å². The zero-order valence-corrected chi connectivity index (χ0v) is 14.9. The molecule has 0 N–H and O–H groups in total. The van der Waals surface area contributed by atoms with Crippen LogP contribution in [0.1, 0.15) is 28.6 Å². The number of furan rings is 1. The Bertz CT molecular complexity index is 936. The summed E-state index contributed by atoms with van der Waals surface area (Å²) in [6.07, 6.45) is 1.89. The first-order valence-electron chi connectivity index (χ1n) is 8.07. The average Bonchev–Trinajstić information content (AvgIpc) is 2.98. The van der Waals surface area contributed by atoms with Crippen LogP contribution in [0.15, 0.2) is 58.6 Å². The van der Waals surface area contributed by atoms with Crippen molar-refractivity contribution in [1.82, 2.24) is 4.90 Å². The van der Waals surface area contributed by atoms with Gasteiger partial charge in [-0.15, -0.1) is 0 Å². The molecule has 0 aliphatic carbocycles. The van der Waals surface area contributed by atoms with E-state index in [1.807, 2.05) is 80.5 Å². The van der Waals surface area contributed by atoms with Crippen molar-refractivity contribution in [3.05, 3.63) is 71.1 Å². The van der Waals surface area contributed by atoms with E-state index in [4.69, 9.17) is 9.15 Å². The maximum absolute atomic E-state index is 13.1. The number of rotatable bonds is 5. The highest BCUT2D eigenvalue weighted by atomic mass is 16.5. The van der Waals surface area contributed by atoms with E-state index in [0.29, 0.717) is 28.2 Å². The Morgan fingerprint density at radius 3 is 2.48 bits per heavy atom. The van der Waals surface area contributed by atoms with Crippen molar-refractivity contribution >= 4 is 22.8 Å². The van der Waals surface area contributed by atoms with E-state index in [2.05, 4.69) is 0 Å². The smallest absolute Gasteiger partial charge is 0.197 e. The lowest BCUT2D eigenvalue weighted by Gasteiger charge is -2.12. The topological polar surface area (TPSA) is 42.7 Å². The van der Waals surface area contributed by atoms with Crippen LogP contribution in [0, 0.1) is 0 Å². The number of hydrogen-bond donors (Lipinski definition) is 0. The van der Waals surface area contributed by atoms with E-state index in [1.54, 1.807) is 7.11 Å². The fourth-order valence-electron chi connectivity index (χ4n) is 2.61. The monoisotopic (exact) mass is 335 g/mol. The van der Waals surface area contributed by atoms with Crippen molar-refractivity contribution in [2.75, 3.05) is 21.2 Å². The van der Waals surface area contributed by atoms with Gasteiger partial charge in [-0.2, -0.15) is 0 Å². The maximum atomic E-state index is 13.1. The minimum absolute atomic E-state index is 0.0644. The van der Waals surface area contributed by atoms with Crippen LogP contribution in [-0.4, -0.2) is 31.9 Å². The summed E-state index contributed by atoms with van der Waals surface area (Å²) in [6.45, 7) is 1.98. The molecule has 0 aliphatic heterocycles. The van der Waals surface area contributed by atoms with Gasteiger partial charge in [0.1, 0.15) is 17.1 Å². The zero-order chi connectivity index (χ0) is 18.0. The lowest BCUT2D eigenvalue weighted by Crippen LogP contribution is -2.08. The largest absolute Gasteiger partial charge is 0.497 e. The van der Waals surface area contributed by atoms with Gasteiger partial charge in [-0.05, 0) is 25.1 Å². The van der Waals surface area contributed by atoms with Gasteiger partial charge in [0, 0.05) is 36.8 Å². The van der Waals surface area contributed by atoms with Gasteiger partial charge in [0.05, 0.1) is 12.7 Å². The third-order valence-corrected chi connectivity index (χ3v) is 4.23. The van der Waals surface area contributed by atoms with Gasteiger partial charge in [0.2, 0.25) is 0 Å². The van der Waals surface area contributed by atoms with Crippen LogP contribution in [0.25, 0.3) is 17.0 Å². The molecule has 128 valence electrons. The van der Waals surface area contributed by atoms with Crippen molar-refractivity contribution < 1.29 is 13.9 Å². The standard InChI is InChI=1S/C21H21NO3/c1-14(22(2)3)12-19-20(21(23)15-8-6-5-7-9-15)17-13-16(24-4)10-11-18(17)25-19/h5-13H,1-4H3/b14-12+. The minimum atomic E-state index is -0.0644. The molecule has 3 rings (SSSR count). The Kier molecular flexibility index (Phi) is 4.61. The highest BCUT2D eigenvalue weighted by Gasteiger charge is 2.21. The molecule has 0 bridgehead atoms. The molecule has 0 amide bonds. The number of benzene rings is 2. The summed E-state index contributed by atoms with van der Waals surface area (Å²) >= 11 is 0. The van der Waals surface area contributed by atoms with Crippen molar-refractivity contribution in [2.24, 2.45) is 0 Å². The van der Waals surface area contributed by atoms with E-state index in [-0.39, 0.29) is 5.78 Å². The molecule has 1 heterocycles. The molecular weight excluding hydrogens is 314 g/mol. The lowest BCUT2D eigenvalue weighted by molar-refractivity contribution is 0.103. The second kappa shape index (κ2) is 6.85. The number of ether oxygens (including phenoxy) is 1. The molecule has 2 aromatic carbocycles. The number of fused-ring (bicyclic) bond motifs is 1. The summed E-state index contributed by atoms with van der Waals surface area (Å²) in [7, 11) is 5.52. The molecule has 0 radical (unpaired) electrons. The fourth-order valence-corrected chi connectivity index (χ4v) is 2.61. The second-order valence-corrected chi connectivity index (χ2v) is 6.08. The van der Waals surface area contributed by atoms with Gasteiger partial charge in [-0.25, -0.2) is 0 Å². The first kappa shape index (κ1) is 16.8. The molecule has 0 fully saturated rings. The Balaban J connectivity index is 2.25. The molecule has 0 saturated heterocycles. The predicted molar refractivity (Wildman–Crippen MR) is 100.0 cm³/mol. The molecular formula is C21H21NO3. The predicted octanol–water partition coefficient (Wildman–Crippen LogP) is 4.59. The van der Waals surface area contributed by atoms with Crippen molar-refractivity contribution in [3.63, 3.8) is 0 Å². The van der Waals surface area contributed by atoms with Gasteiger partial charge in [0.15, 0.2) is 5.78 Å². The molecule has 25 heavy (non-hydrogen) atoms. The summed E-state index contributed by atoms with van der Waals surface area (Å²) < 4.78 is 11.3. The van der Waals surface area contributed by atoms with Crippen LogP contribution in [0.2, 0.25) is 0 Å². The summed E-state index contributed by atoms with van der Waals surface area (Å²) in [6, 6.07) is 14.7. The third kappa shape index (κ3) is 3.29. The minimum Gasteiger partial charge on any atom is -0.497 e. The van der Waals surface area contributed by atoms with E-state index in [9.17, 15) is 4.79 Å². The van der Waals surface area contributed by atoms with Crippen LogP contribution in [0.3, 0.4) is 0 Å². The summed E-state index contributed by atoms with van der Waals surface area (Å²) in [5.74, 6) is 1.18. The van der Waals surface area contributed by atoms with Gasteiger partial charge in [0.25, 0.3) is 0 Å². The molecule has 0 aliphatic rings. The normalized spacial score (nSPS) is 11.6. The van der Waals surface area contributed by atoms with Gasteiger partial charge >= 0.3 is 0 Å². The highest BCUT2D eigenvalue weighted by Crippen LogP contribution is 2.32. The number of carbonyl (C=O) groups excluding carboxylic acids is 1. The van der Waals surface area contributed by atoms with Crippen molar-refractivity contribution in [2.45, 2.75) is 6.92 Å². The number of nitrogens with zero attached hydrogens (tertiary/aromatic N) is 1. The van der Waals surface area contributed by atoms with E-state index in [1.165, 1.54) is 0 Å². The van der Waals surface area contributed by atoms with Gasteiger partial charge in [-0.1, -0.05) is 30.3 Å². The number of hydrogen-bond acceptors (Lipinski definition) is 4. The molecule has 1 aromatic heterocycles. The third-order valence-electron chi connectivity index (χ3n) is 4.23. The van der Waals surface area contributed by atoms with Crippen LogP contribution >= 0.6 is 0 Å². The molecule has 0 saturated carbocycles. The molecule has 3 aromatic rings. The SMILES string of the molecule is COc1ccc2oc(/C=C(\C)N(C)C)c(C(=O)c3ccccc3)c2c1. The van der Waals surface area contributed by atoms with Gasteiger partial charge < -0.3 is 14.1 Å². The fraction of sp³-hybridized carbons (Fsp3) is 0.190. The van der Waals surface area contributed by atoms with Crippen LogP contribution < -0.4 is 4.74 Å². The molecule has 0 spiro atoms. The Morgan fingerprint density at radius 1 is 1.12 bits per heavy atom. The number of methoxy groups -OCH3 is 1. The van der Waals surface area contributed by atoms with Crippen molar-refractivity contribution in [3.8, 4) is 5.75 Å². The molecule has 4 heteroatoms. The quantitative estimate of drug-likeness (QED) is 0.639. The molecule has 0 unspecified atom stereocenters. The molecule has 4 nitrogen and oxygen atoms in total. The maximum Gasteiger partial charge on any atom is 0.197 e. The zero-order valence-electron chi connectivity index (χ0n) is 14.9. The van der Waals surface area contributed by atoms with E-state index >= 15 is 0 Å². The number of carbonyl (C=O) groups is 1. The summed E-state index contributed by atoms with van der Waals surface area (Å²) in [4.78, 5) is 15.1. The highest BCUT2D eigenvalue weighted by molar-refractivity contribution is 6.18. The summed E-state index contributed by atoms with van der Waals surface area (Å²) in [5.41, 5.74) is 2.84. The van der Waals surface area contributed by atoms with Crippen molar-refractivity contribution in [1.29, 1.82) is 0 Å². The van der Waals surface area contributed by atoms with E-state index in [0.717, 1.165) is 11.1 Å². The van der Waals surface area contributed by atoms with Crippen LogP contribution in [0.5, 0.6) is 5.75 Å². The van der Waals surface area contributed by atoms with Crippen LogP contribution in [0.4, 0.5) is 0 Å². The van der Waals surface area contributed by atoms with Crippen LogP contribution in [-0.2, 0) is 0 Å². The number of ketones is 1. The Hall–Kier alpha value is -3.01. The van der Waals surface area contributed by atoms with E-state index < -0.39 is 0 Å². The first-order chi connectivity index (χ1) is 12.0.